The molecule has 0 aromatic heterocycles. The van der Waals surface area contributed by atoms with Crippen LogP contribution in [0.2, 0.25) is 10.0 Å². The monoisotopic (exact) mass is 1830 g/mol. The Morgan fingerprint density at radius 3 is 1.01 bits per heavy atom. The third-order valence-corrected chi connectivity index (χ3v) is 20.7. The van der Waals surface area contributed by atoms with Gasteiger partial charge in [0.2, 0.25) is 0 Å². The van der Waals surface area contributed by atoms with Gasteiger partial charge in [-0.25, -0.2) is 0 Å². The summed E-state index contributed by atoms with van der Waals surface area (Å²) in [6.07, 6.45) is 61.7. The van der Waals surface area contributed by atoms with Crippen molar-refractivity contribution in [2.24, 2.45) is 27.1 Å². The number of carbonyl (C=O) groups is 10. The van der Waals surface area contributed by atoms with Crippen molar-refractivity contribution in [1.29, 1.82) is 0 Å². The van der Waals surface area contributed by atoms with Crippen molar-refractivity contribution in [3.05, 3.63) is 93.4 Å². The van der Waals surface area contributed by atoms with Crippen LogP contribution >= 0.6 is 23.2 Å². The topological polar surface area (TPSA) is 281 Å². The first-order valence-electron chi connectivity index (χ1n) is 45.2. The second kappa shape index (κ2) is 77.8. The molecular formula is C102H173Cl2O16Pd-. The maximum atomic E-state index is 11.8. The van der Waals surface area contributed by atoms with Crippen LogP contribution in [0.4, 0.5) is 0 Å². The van der Waals surface area contributed by atoms with Crippen molar-refractivity contribution in [3.8, 4) is 23.0 Å². The predicted octanol–water partition coefficient (Wildman–Crippen LogP) is 28.8. The second-order valence-corrected chi connectivity index (χ2v) is 37.2. The van der Waals surface area contributed by atoms with E-state index in [0.717, 1.165) is 154 Å². The van der Waals surface area contributed by atoms with Gasteiger partial charge in [0.1, 0.15) is 47.1 Å². The van der Waals surface area contributed by atoms with Gasteiger partial charge in [0.25, 0.3) is 0 Å². The van der Waals surface area contributed by atoms with Gasteiger partial charge in [-0.1, -0.05) is 332 Å². The molecule has 0 aliphatic carbocycles. The molecule has 0 spiro atoms. The molecule has 0 aliphatic rings. The molecule has 0 saturated heterocycles. The second-order valence-electron chi connectivity index (χ2n) is 36.4. The van der Waals surface area contributed by atoms with E-state index >= 15 is 0 Å². The molecule has 702 valence electrons. The summed E-state index contributed by atoms with van der Waals surface area (Å²) in [5.41, 5.74) is 0.143. The van der Waals surface area contributed by atoms with Gasteiger partial charge in [0.05, 0.1) is 39.4 Å². The summed E-state index contributed by atoms with van der Waals surface area (Å²) in [5, 5.41) is 50.5. The molecule has 0 aliphatic heterocycles. The van der Waals surface area contributed by atoms with Crippen molar-refractivity contribution >= 4 is 89.3 Å². The summed E-state index contributed by atoms with van der Waals surface area (Å²) in [6.45, 7) is 42.5. The number of halogens is 2. The average Bonchev–Trinajstić information content (AvgIpc) is 0.800. The van der Waals surface area contributed by atoms with E-state index in [1.165, 1.54) is 110 Å². The number of unbranched alkanes of at least 4 members (excludes halogenated alkanes) is 32. The summed E-state index contributed by atoms with van der Waals surface area (Å²) >= 11 is 12.1. The van der Waals surface area contributed by atoms with Crippen LogP contribution in [-0.2, 0) is 69.9 Å². The van der Waals surface area contributed by atoms with Crippen molar-refractivity contribution in [1.82, 2.24) is 0 Å². The van der Waals surface area contributed by atoms with E-state index in [2.05, 4.69) is 25.5 Å². The number of ketones is 5. The van der Waals surface area contributed by atoms with E-state index in [9.17, 15) is 73.5 Å². The number of allylic oxidation sites excluding steroid dienone is 7. The summed E-state index contributed by atoms with van der Waals surface area (Å²) in [4.78, 5) is 110. The van der Waals surface area contributed by atoms with Crippen LogP contribution in [-0.4, -0.2) is 98.3 Å². The van der Waals surface area contributed by atoms with Gasteiger partial charge >= 0.3 is 5.97 Å². The first-order chi connectivity index (χ1) is 55.7. The average molecular weight is 1830 g/mol. The van der Waals surface area contributed by atoms with Crippen molar-refractivity contribution in [3.63, 3.8) is 0 Å². The number of phenolic OH excluding ortho intramolecular Hbond substituents is 4. The Balaban J connectivity index is -0.000000260. The summed E-state index contributed by atoms with van der Waals surface area (Å²) in [5.74, 6) is 0.0793. The third kappa shape index (κ3) is 71.2. The predicted molar refractivity (Wildman–Crippen MR) is 505 cm³/mol. The number of carbonyl (C=O) groups excluding carboxylic acids is 10. The number of hydrogen-bond acceptors (Lipinski definition) is 16. The van der Waals surface area contributed by atoms with Crippen LogP contribution in [0.3, 0.4) is 0 Å². The maximum absolute atomic E-state index is 11.8. The first kappa shape index (κ1) is 128. The van der Waals surface area contributed by atoms with Gasteiger partial charge in [-0.3, -0.25) is 38.4 Å². The number of benzene rings is 2. The fraction of sp³-hybridized carbons (Fsp3) is 0.696. The zero-order valence-electron chi connectivity index (χ0n) is 80.2. The van der Waals surface area contributed by atoms with Crippen LogP contribution < -0.4 is 0 Å². The van der Waals surface area contributed by atoms with Gasteiger partial charge < -0.3 is 47.3 Å². The minimum Gasteiger partial charge on any atom is -0.507 e. The van der Waals surface area contributed by atoms with E-state index in [1.54, 1.807) is 45.1 Å². The molecule has 1 unspecified atom stereocenters. The Morgan fingerprint density at radius 2 is 0.686 bits per heavy atom. The summed E-state index contributed by atoms with van der Waals surface area (Å²) < 4.78 is 4.40. The molecule has 5 N–H and O–H groups in total. The molecule has 0 bridgehead atoms. The van der Waals surface area contributed by atoms with Crippen LogP contribution in [0.5, 0.6) is 23.0 Å². The molecule has 0 heterocycles. The van der Waals surface area contributed by atoms with E-state index < -0.39 is 6.10 Å². The van der Waals surface area contributed by atoms with Crippen molar-refractivity contribution in [2.45, 2.75) is 428 Å². The number of Topliss-reactive ketones (excluding diaryl/α,β-unsaturated/α-hetero) is 2. The maximum Gasteiger partial charge on any atom is 0.302 e. The quantitative estimate of drug-likeness (QED) is 0.0103. The number of rotatable bonds is 53. The minimum atomic E-state index is -0.437. The largest absolute Gasteiger partial charge is 0.507 e. The van der Waals surface area contributed by atoms with E-state index in [4.69, 9.17) is 23.2 Å². The SMILES string of the molecule is CC(C)(C)C(=O)/C=C/CCCCCCC=O.CCCCCCCC/C=C/C(=O)C(C)(C)C.CCCCCCCCC(O)CC(=O)C(C)(C)C.CCCCCCCCC=O.CCOC(C)=O.Cc1c(Cl)c(O)c(/C=C/CCCCC/C=C/C(=O)C(C)(C)C)c(O)c1C=O.Cc1c(Cl)c(O)c(CCCCCCCCCC(=O)C(C)(C)C)c(O)c1C=O.[CH3-].[Pd]. The Bertz CT molecular complexity index is 3230. The minimum absolute atomic E-state index is 0. The zero-order chi connectivity index (χ0) is 92.1. The molecule has 2 aromatic carbocycles. The van der Waals surface area contributed by atoms with Gasteiger partial charge in [-0.2, -0.15) is 0 Å². The number of aromatic hydroxyl groups is 4. The van der Waals surface area contributed by atoms with Gasteiger partial charge in [-0.05, 0) is 140 Å². The number of aliphatic hydroxyl groups excluding tert-OH is 1. The van der Waals surface area contributed by atoms with Gasteiger partial charge in [0.15, 0.2) is 29.9 Å². The first-order valence-corrected chi connectivity index (χ1v) is 45.9. The van der Waals surface area contributed by atoms with Crippen LogP contribution in [0, 0.1) is 48.3 Å². The van der Waals surface area contributed by atoms with E-state index in [0.29, 0.717) is 67.3 Å². The van der Waals surface area contributed by atoms with Gasteiger partial charge in [-0.15, -0.1) is 0 Å². The Kier molecular flexibility index (Phi) is 82.6. The Labute approximate surface area is 761 Å². The standard InChI is InChI=1S/C22H33ClO4.C22H29ClO4.C15H30O2.C15H28O.C14H24O2.C9H18O.C4H8O2.CH3.Pd/c2*1-15-17(14-24)20(26)16(21(27)19(15)23)12-10-8-6-5-7-9-11-13-18(25)22(2,3)4;1-5-6-7-8-9-10-11-13(16)12-14(17)15(2,3)4;1-5-6-7-8-9-10-11-12-13-14(16)15(2,3)4;1-14(2,3)13(16)11-9-7-5-4-6-8-10-12-15;1-2-3-4-5-6-7-8-9-10;1-3-6-4(2)5;;/h14,26-27H,5-13H2,1-4H3;10-14,26-27H,5-9H2,1-4H3;13,16H,5-12H2,1-4H3;12-13H,5-11H2,1-4H3;9,11-12H,4-8,10H2,1-3H3;9H,2-8H2,1H3;3H2,1-2H3;1H3;/q;;;;;;;-1;/b;12-10+,13-11+;;13-12+;11-9+;;;;. The molecule has 2 aromatic rings. The molecule has 0 radical (unpaired) electrons. The number of phenols is 4. The number of hydrogen-bond donors (Lipinski definition) is 5. The van der Waals surface area contributed by atoms with Crippen LogP contribution in [0.1, 0.15) is 445 Å². The molecule has 0 fully saturated rings. The molecule has 19 heteroatoms. The molecule has 121 heavy (non-hydrogen) atoms. The fourth-order valence-electron chi connectivity index (χ4n) is 11.4. The number of aldehydes is 4. The third-order valence-electron chi connectivity index (χ3n) is 19.8. The summed E-state index contributed by atoms with van der Waals surface area (Å²) in [6, 6.07) is 0. The Hall–Kier alpha value is -5.70. The smallest absolute Gasteiger partial charge is 0.302 e. The molecule has 16 nitrogen and oxygen atoms in total. The summed E-state index contributed by atoms with van der Waals surface area (Å²) in [7, 11) is 0. The van der Waals surface area contributed by atoms with Crippen molar-refractivity contribution in [2.75, 3.05) is 6.61 Å². The Morgan fingerprint density at radius 1 is 0.380 bits per heavy atom. The molecular weight excluding hydrogens is 1660 g/mol. The number of esters is 1. The van der Waals surface area contributed by atoms with Crippen LogP contribution in [0.15, 0.2) is 42.5 Å². The normalized spacial score (nSPS) is 11.6. The number of aliphatic hydroxyl groups is 1. The van der Waals surface area contributed by atoms with E-state index in [-0.39, 0.29) is 134 Å². The van der Waals surface area contributed by atoms with E-state index in [1.807, 2.05) is 128 Å². The zero-order valence-corrected chi connectivity index (χ0v) is 83.3. The number of ether oxygens (including phenoxy) is 1. The molecule has 2 rings (SSSR count). The van der Waals surface area contributed by atoms with Crippen molar-refractivity contribution < 1.29 is 98.6 Å². The van der Waals surface area contributed by atoms with Gasteiger partial charge in [0, 0.05) is 85.7 Å². The molecule has 1 atom stereocenters. The fourth-order valence-corrected chi connectivity index (χ4v) is 11.8. The molecule has 0 saturated carbocycles. The van der Waals surface area contributed by atoms with Crippen LogP contribution in [0.25, 0.3) is 6.08 Å². The molecule has 0 amide bonds.